The lowest BCUT2D eigenvalue weighted by atomic mass is 10.2. The zero-order valence-electron chi connectivity index (χ0n) is 14.0. The number of nitrogens with zero attached hydrogens (tertiary/aromatic N) is 2. The van der Waals surface area contributed by atoms with Crippen molar-refractivity contribution in [1.82, 2.24) is 15.4 Å². The number of anilines is 3. The van der Waals surface area contributed by atoms with Gasteiger partial charge in [0.1, 0.15) is 5.82 Å². The number of halogens is 1. The molecule has 0 saturated carbocycles. The SMILES string of the molecule is COc1ccc(NC(=O)c2n[nH]nc2Nc2ccc(F)cc2)cc1OC. The second-order valence-electron chi connectivity index (χ2n) is 5.18. The molecule has 8 nitrogen and oxygen atoms in total. The molecule has 1 aromatic heterocycles. The summed E-state index contributed by atoms with van der Waals surface area (Å²) in [5.41, 5.74) is 1.13. The number of carbonyl (C=O) groups is 1. The van der Waals surface area contributed by atoms with Crippen LogP contribution in [-0.4, -0.2) is 35.5 Å². The average Bonchev–Trinajstić information content (AvgIpc) is 3.11. The molecule has 0 aliphatic rings. The van der Waals surface area contributed by atoms with Crippen molar-refractivity contribution >= 4 is 23.1 Å². The van der Waals surface area contributed by atoms with E-state index < -0.39 is 5.91 Å². The minimum absolute atomic E-state index is 0.0594. The number of rotatable bonds is 6. The van der Waals surface area contributed by atoms with Gasteiger partial charge in [0.25, 0.3) is 5.91 Å². The molecule has 0 bridgehead atoms. The largest absolute Gasteiger partial charge is 0.493 e. The van der Waals surface area contributed by atoms with E-state index in [0.717, 1.165) is 0 Å². The van der Waals surface area contributed by atoms with Gasteiger partial charge in [0.15, 0.2) is 23.0 Å². The first-order valence-electron chi connectivity index (χ1n) is 7.57. The van der Waals surface area contributed by atoms with Crippen LogP contribution in [0.3, 0.4) is 0 Å². The maximum Gasteiger partial charge on any atom is 0.280 e. The van der Waals surface area contributed by atoms with Crippen LogP contribution in [0.15, 0.2) is 42.5 Å². The summed E-state index contributed by atoms with van der Waals surface area (Å²) in [6.07, 6.45) is 0. The molecule has 0 atom stereocenters. The van der Waals surface area contributed by atoms with E-state index in [2.05, 4.69) is 26.0 Å². The van der Waals surface area contributed by atoms with Crippen molar-refractivity contribution in [3.8, 4) is 11.5 Å². The minimum atomic E-state index is -0.476. The Kier molecular flexibility index (Phi) is 4.97. The summed E-state index contributed by atoms with van der Waals surface area (Å²) >= 11 is 0. The first-order chi connectivity index (χ1) is 12.6. The highest BCUT2D eigenvalue weighted by Gasteiger charge is 2.17. The van der Waals surface area contributed by atoms with E-state index in [-0.39, 0.29) is 17.3 Å². The molecule has 134 valence electrons. The first-order valence-corrected chi connectivity index (χ1v) is 7.57. The lowest BCUT2D eigenvalue weighted by Gasteiger charge is -2.10. The number of nitrogens with one attached hydrogen (secondary N) is 3. The topological polar surface area (TPSA) is 101 Å². The lowest BCUT2D eigenvalue weighted by Crippen LogP contribution is -2.14. The Hall–Kier alpha value is -3.62. The van der Waals surface area contributed by atoms with Crippen LogP contribution in [0.2, 0.25) is 0 Å². The molecule has 0 aliphatic heterocycles. The zero-order chi connectivity index (χ0) is 18.5. The highest BCUT2D eigenvalue weighted by molar-refractivity contribution is 6.06. The number of amides is 1. The van der Waals surface area contributed by atoms with Gasteiger partial charge in [0.05, 0.1) is 14.2 Å². The molecule has 0 aliphatic carbocycles. The van der Waals surface area contributed by atoms with Crippen LogP contribution >= 0.6 is 0 Å². The van der Waals surface area contributed by atoms with Crippen molar-refractivity contribution < 1.29 is 18.7 Å². The number of benzene rings is 2. The van der Waals surface area contributed by atoms with Gasteiger partial charge in [-0.25, -0.2) is 4.39 Å². The fourth-order valence-corrected chi connectivity index (χ4v) is 2.25. The number of ether oxygens (including phenoxy) is 2. The Bertz CT molecular complexity index is 911. The molecule has 26 heavy (non-hydrogen) atoms. The second-order valence-corrected chi connectivity index (χ2v) is 5.18. The molecule has 1 heterocycles. The van der Waals surface area contributed by atoms with E-state index in [1.54, 1.807) is 18.2 Å². The van der Waals surface area contributed by atoms with E-state index in [0.29, 0.717) is 22.9 Å². The van der Waals surface area contributed by atoms with Gasteiger partial charge >= 0.3 is 0 Å². The monoisotopic (exact) mass is 357 g/mol. The third kappa shape index (κ3) is 3.72. The van der Waals surface area contributed by atoms with Crippen LogP contribution in [0.25, 0.3) is 0 Å². The van der Waals surface area contributed by atoms with Gasteiger partial charge in [-0.05, 0) is 36.4 Å². The van der Waals surface area contributed by atoms with Crippen LogP contribution in [-0.2, 0) is 0 Å². The summed E-state index contributed by atoms with van der Waals surface area (Å²) in [5, 5.41) is 15.8. The average molecular weight is 357 g/mol. The van der Waals surface area contributed by atoms with Crippen LogP contribution in [0.4, 0.5) is 21.6 Å². The Morgan fingerprint density at radius 3 is 2.38 bits per heavy atom. The minimum Gasteiger partial charge on any atom is -0.493 e. The quantitative estimate of drug-likeness (QED) is 0.627. The Morgan fingerprint density at radius 1 is 1.00 bits per heavy atom. The van der Waals surface area contributed by atoms with Crippen molar-refractivity contribution in [3.63, 3.8) is 0 Å². The molecular weight excluding hydrogens is 341 g/mol. The summed E-state index contributed by atoms with van der Waals surface area (Å²) < 4.78 is 23.4. The summed E-state index contributed by atoms with van der Waals surface area (Å²) in [6, 6.07) is 10.6. The Labute approximate surface area is 148 Å². The van der Waals surface area contributed by atoms with Crippen molar-refractivity contribution in [1.29, 1.82) is 0 Å². The van der Waals surface area contributed by atoms with Gasteiger partial charge in [-0.3, -0.25) is 4.79 Å². The third-order valence-corrected chi connectivity index (χ3v) is 3.51. The number of aromatic amines is 1. The summed E-state index contributed by atoms with van der Waals surface area (Å²) in [7, 11) is 3.03. The standard InChI is InChI=1S/C17H16FN5O3/c1-25-13-8-7-12(9-14(13)26-2)20-17(24)15-16(22-23-21-15)19-11-5-3-10(18)4-6-11/h3-9H,1-2H3,(H,20,24)(H2,19,21,22,23). The third-order valence-electron chi connectivity index (χ3n) is 3.51. The van der Waals surface area contributed by atoms with Crippen molar-refractivity contribution in [2.75, 3.05) is 24.9 Å². The second kappa shape index (κ2) is 7.51. The lowest BCUT2D eigenvalue weighted by molar-refractivity contribution is 0.102. The van der Waals surface area contributed by atoms with Crippen LogP contribution in [0, 0.1) is 5.82 Å². The van der Waals surface area contributed by atoms with Crippen LogP contribution < -0.4 is 20.1 Å². The molecule has 0 fully saturated rings. The van der Waals surface area contributed by atoms with E-state index in [1.807, 2.05) is 0 Å². The number of aromatic nitrogens is 3. The molecule has 0 saturated heterocycles. The van der Waals surface area contributed by atoms with Gasteiger partial charge in [-0.1, -0.05) is 0 Å². The van der Waals surface area contributed by atoms with Crippen LogP contribution in [0.5, 0.6) is 11.5 Å². The predicted molar refractivity (Wildman–Crippen MR) is 93.6 cm³/mol. The summed E-state index contributed by atoms with van der Waals surface area (Å²) in [5.74, 6) is 0.410. The van der Waals surface area contributed by atoms with Gasteiger partial charge in [-0.15, -0.1) is 10.2 Å². The molecular formula is C17H16FN5O3. The molecule has 3 N–H and O–H groups in total. The van der Waals surface area contributed by atoms with E-state index in [4.69, 9.17) is 9.47 Å². The molecule has 1 amide bonds. The van der Waals surface area contributed by atoms with Gasteiger partial charge in [0.2, 0.25) is 0 Å². The molecule has 3 rings (SSSR count). The summed E-state index contributed by atoms with van der Waals surface area (Å²) in [6.45, 7) is 0. The van der Waals surface area contributed by atoms with Crippen LogP contribution in [0.1, 0.15) is 10.5 Å². The molecule has 0 spiro atoms. The highest BCUT2D eigenvalue weighted by Crippen LogP contribution is 2.30. The van der Waals surface area contributed by atoms with Crippen molar-refractivity contribution in [2.45, 2.75) is 0 Å². The normalized spacial score (nSPS) is 10.3. The van der Waals surface area contributed by atoms with Crippen molar-refractivity contribution in [2.24, 2.45) is 0 Å². The molecule has 2 aromatic carbocycles. The van der Waals surface area contributed by atoms with E-state index in [9.17, 15) is 9.18 Å². The fraction of sp³-hybridized carbons (Fsp3) is 0.118. The van der Waals surface area contributed by atoms with E-state index >= 15 is 0 Å². The maximum atomic E-state index is 13.0. The smallest absolute Gasteiger partial charge is 0.280 e. The molecule has 0 radical (unpaired) electrons. The molecule has 9 heteroatoms. The first kappa shape index (κ1) is 17.2. The number of carbonyl (C=O) groups excluding carboxylic acids is 1. The fourth-order valence-electron chi connectivity index (χ4n) is 2.25. The van der Waals surface area contributed by atoms with Gasteiger partial charge in [-0.2, -0.15) is 5.21 Å². The van der Waals surface area contributed by atoms with Gasteiger partial charge < -0.3 is 20.1 Å². The number of hydrogen-bond acceptors (Lipinski definition) is 6. The Balaban J connectivity index is 1.77. The molecule has 3 aromatic rings. The van der Waals surface area contributed by atoms with Gasteiger partial charge in [0, 0.05) is 17.4 Å². The zero-order valence-corrected chi connectivity index (χ0v) is 14.0. The number of methoxy groups -OCH3 is 2. The van der Waals surface area contributed by atoms with Crippen molar-refractivity contribution in [3.05, 3.63) is 54.0 Å². The molecule has 0 unspecified atom stereocenters. The summed E-state index contributed by atoms with van der Waals surface area (Å²) in [4.78, 5) is 12.5. The number of H-pyrrole nitrogens is 1. The number of hydrogen-bond donors (Lipinski definition) is 3. The Morgan fingerprint density at radius 2 is 1.69 bits per heavy atom. The van der Waals surface area contributed by atoms with E-state index in [1.165, 1.54) is 38.5 Å². The maximum absolute atomic E-state index is 13.0. The highest BCUT2D eigenvalue weighted by atomic mass is 19.1. The predicted octanol–water partition coefficient (Wildman–Crippen LogP) is 2.96.